The van der Waals surface area contributed by atoms with Crippen LogP contribution in [-0.4, -0.2) is 33.5 Å². The predicted octanol–water partition coefficient (Wildman–Crippen LogP) is 2.68. The van der Waals surface area contributed by atoms with E-state index in [1.807, 2.05) is 0 Å². The Morgan fingerprint density at radius 2 is 1.84 bits per heavy atom. The number of amides is 1. The molecule has 0 saturated heterocycles. The van der Waals surface area contributed by atoms with Crippen LogP contribution in [0.5, 0.6) is 5.75 Å². The molecule has 8 nitrogen and oxygen atoms in total. The second kappa shape index (κ2) is 8.08. The van der Waals surface area contributed by atoms with E-state index in [2.05, 4.69) is 0 Å². The molecule has 3 rings (SSSR count). The van der Waals surface area contributed by atoms with E-state index >= 15 is 0 Å². The number of sulfonamides is 1. The molecule has 164 valence electrons. The third-order valence-corrected chi connectivity index (χ3v) is 5.51. The molecule has 0 bridgehead atoms. The standard InChI is InChI=1S/C20H18F2N2O6S/c1-10-12-8-15(22)17(30-20(26)24(2)3)9-16(12)29-19(25)13(10)6-11-4-5-14(21)18(7-11)31(23,27)28/h4-5,7-9H,6H2,1-3H3,(H2,23,27,28). The summed E-state index contributed by atoms with van der Waals surface area (Å²) < 4.78 is 61.5. The number of carbonyl (C=O) groups excluding carboxylic acids is 1. The van der Waals surface area contributed by atoms with E-state index in [1.54, 1.807) is 6.92 Å². The minimum atomic E-state index is -4.30. The van der Waals surface area contributed by atoms with Crippen LogP contribution in [0.3, 0.4) is 0 Å². The molecule has 0 radical (unpaired) electrons. The van der Waals surface area contributed by atoms with Gasteiger partial charge in [-0.25, -0.2) is 31.9 Å². The molecule has 31 heavy (non-hydrogen) atoms. The van der Waals surface area contributed by atoms with Gasteiger partial charge in [0.05, 0.1) is 0 Å². The molecule has 0 unspecified atom stereocenters. The number of fused-ring (bicyclic) bond motifs is 1. The fraction of sp³-hybridized carbons (Fsp3) is 0.200. The van der Waals surface area contributed by atoms with Crippen molar-refractivity contribution in [1.82, 2.24) is 4.90 Å². The van der Waals surface area contributed by atoms with Crippen molar-refractivity contribution >= 4 is 27.1 Å². The minimum absolute atomic E-state index is 0.00135. The molecule has 0 aliphatic rings. The van der Waals surface area contributed by atoms with Crippen LogP contribution in [0, 0.1) is 18.6 Å². The van der Waals surface area contributed by atoms with Gasteiger partial charge in [0.25, 0.3) is 0 Å². The van der Waals surface area contributed by atoms with Crippen molar-refractivity contribution < 1.29 is 31.1 Å². The van der Waals surface area contributed by atoms with Gasteiger partial charge in [-0.2, -0.15) is 0 Å². The first-order chi connectivity index (χ1) is 14.4. The SMILES string of the molecule is Cc1c(Cc2ccc(F)c(S(N)(=O)=O)c2)c(=O)oc2cc(OC(=O)N(C)C)c(F)cc12. The van der Waals surface area contributed by atoms with E-state index in [1.165, 1.54) is 20.2 Å². The quantitative estimate of drug-likeness (QED) is 0.608. The second-order valence-electron chi connectivity index (χ2n) is 7.02. The number of rotatable bonds is 4. The van der Waals surface area contributed by atoms with E-state index in [0.29, 0.717) is 5.56 Å². The van der Waals surface area contributed by atoms with Crippen LogP contribution in [0.2, 0.25) is 0 Å². The molecule has 2 N–H and O–H groups in total. The first-order valence-corrected chi connectivity index (χ1v) is 10.4. The van der Waals surface area contributed by atoms with Crippen LogP contribution in [0.25, 0.3) is 11.0 Å². The van der Waals surface area contributed by atoms with Crippen LogP contribution in [0.1, 0.15) is 16.7 Å². The Labute approximate surface area is 175 Å². The highest BCUT2D eigenvalue weighted by molar-refractivity contribution is 7.89. The molecule has 3 aromatic rings. The predicted molar refractivity (Wildman–Crippen MR) is 107 cm³/mol. The number of aryl methyl sites for hydroxylation is 1. The molecule has 11 heteroatoms. The highest BCUT2D eigenvalue weighted by atomic mass is 32.2. The number of carbonyl (C=O) groups is 1. The van der Waals surface area contributed by atoms with Crippen LogP contribution in [-0.2, 0) is 16.4 Å². The lowest BCUT2D eigenvalue weighted by molar-refractivity contribution is 0.170. The molecule has 0 saturated carbocycles. The summed E-state index contributed by atoms with van der Waals surface area (Å²) in [6.07, 6.45) is -0.915. The van der Waals surface area contributed by atoms with E-state index in [0.717, 1.165) is 29.2 Å². The van der Waals surface area contributed by atoms with Gasteiger partial charge >= 0.3 is 11.7 Å². The number of nitrogens with zero attached hydrogens (tertiary/aromatic N) is 1. The monoisotopic (exact) mass is 452 g/mol. The zero-order chi connectivity index (χ0) is 23.1. The number of ether oxygens (including phenoxy) is 1. The van der Waals surface area contributed by atoms with Crippen molar-refractivity contribution in [3.8, 4) is 5.75 Å². The van der Waals surface area contributed by atoms with Crippen LogP contribution in [0.4, 0.5) is 13.6 Å². The summed E-state index contributed by atoms with van der Waals surface area (Å²) in [6.45, 7) is 1.56. The van der Waals surface area contributed by atoms with Crippen LogP contribution < -0.4 is 15.5 Å². The number of primary sulfonamides is 1. The number of hydrogen-bond donors (Lipinski definition) is 1. The smallest absolute Gasteiger partial charge is 0.414 e. The van der Waals surface area contributed by atoms with Gasteiger partial charge in [-0.3, -0.25) is 0 Å². The van der Waals surface area contributed by atoms with Crippen molar-refractivity contribution in [2.24, 2.45) is 5.14 Å². The Morgan fingerprint density at radius 1 is 1.16 bits per heavy atom. The highest BCUT2D eigenvalue weighted by Crippen LogP contribution is 2.29. The summed E-state index contributed by atoms with van der Waals surface area (Å²) in [5.74, 6) is -2.27. The fourth-order valence-corrected chi connectivity index (χ4v) is 3.59. The van der Waals surface area contributed by atoms with Gasteiger partial charge in [-0.05, 0) is 36.2 Å². The normalized spacial score (nSPS) is 11.5. The van der Waals surface area contributed by atoms with E-state index in [-0.39, 0.29) is 28.5 Å². The molecule has 0 spiro atoms. The minimum Gasteiger partial charge on any atom is -0.422 e. The summed E-state index contributed by atoms with van der Waals surface area (Å²) in [6, 6.07) is 5.42. The summed E-state index contributed by atoms with van der Waals surface area (Å²) in [5, 5.41) is 5.26. The van der Waals surface area contributed by atoms with Gasteiger partial charge in [-0.15, -0.1) is 0 Å². The van der Waals surface area contributed by atoms with Crippen molar-refractivity contribution in [2.45, 2.75) is 18.2 Å². The third-order valence-electron chi connectivity index (χ3n) is 4.59. The Bertz CT molecular complexity index is 1370. The Balaban J connectivity index is 2.07. The largest absolute Gasteiger partial charge is 0.422 e. The van der Waals surface area contributed by atoms with Crippen molar-refractivity contribution in [1.29, 1.82) is 0 Å². The van der Waals surface area contributed by atoms with Crippen LogP contribution in [0.15, 0.2) is 44.4 Å². The van der Waals surface area contributed by atoms with Gasteiger partial charge in [0.1, 0.15) is 16.3 Å². The summed E-state index contributed by atoms with van der Waals surface area (Å²) in [7, 11) is -1.45. The zero-order valence-electron chi connectivity index (χ0n) is 16.7. The zero-order valence-corrected chi connectivity index (χ0v) is 17.5. The molecular weight excluding hydrogens is 434 g/mol. The average Bonchev–Trinajstić information content (AvgIpc) is 2.66. The topological polar surface area (TPSA) is 120 Å². The lowest BCUT2D eigenvalue weighted by Crippen LogP contribution is -2.25. The maximum absolute atomic E-state index is 14.5. The van der Waals surface area contributed by atoms with Crippen molar-refractivity contribution in [2.75, 3.05) is 14.1 Å². The van der Waals surface area contributed by atoms with Gasteiger partial charge in [0.15, 0.2) is 11.6 Å². The summed E-state index contributed by atoms with van der Waals surface area (Å²) in [5.41, 5.74) is 0.0210. The Kier molecular flexibility index (Phi) is 5.83. The Hall–Kier alpha value is -3.31. The number of nitrogens with two attached hydrogens (primary N) is 1. The van der Waals surface area contributed by atoms with Gasteiger partial charge < -0.3 is 14.1 Å². The molecule has 1 amide bonds. The van der Waals surface area contributed by atoms with Crippen molar-refractivity contribution in [3.05, 3.63) is 69.1 Å². The summed E-state index contributed by atoms with van der Waals surface area (Å²) in [4.78, 5) is 24.6. The maximum Gasteiger partial charge on any atom is 0.414 e. The summed E-state index contributed by atoms with van der Waals surface area (Å²) >= 11 is 0. The Morgan fingerprint density at radius 3 is 2.45 bits per heavy atom. The molecule has 1 aromatic heterocycles. The first kappa shape index (κ1) is 22.4. The molecule has 1 heterocycles. The third kappa shape index (κ3) is 4.57. The first-order valence-electron chi connectivity index (χ1n) is 8.84. The highest BCUT2D eigenvalue weighted by Gasteiger charge is 2.19. The molecular formula is C20H18F2N2O6S. The molecule has 2 aromatic carbocycles. The number of benzene rings is 2. The van der Waals surface area contributed by atoms with E-state index in [4.69, 9.17) is 14.3 Å². The number of halogens is 2. The van der Waals surface area contributed by atoms with Gasteiger partial charge in [0, 0.05) is 37.5 Å². The molecule has 0 atom stereocenters. The fourth-order valence-electron chi connectivity index (χ4n) is 2.94. The lowest BCUT2D eigenvalue weighted by atomic mass is 9.99. The molecule has 0 fully saturated rings. The van der Waals surface area contributed by atoms with Crippen LogP contribution >= 0.6 is 0 Å². The van der Waals surface area contributed by atoms with E-state index in [9.17, 15) is 26.8 Å². The van der Waals surface area contributed by atoms with E-state index < -0.39 is 44.0 Å². The number of hydrogen-bond acceptors (Lipinski definition) is 6. The average molecular weight is 452 g/mol. The van der Waals surface area contributed by atoms with Gasteiger partial charge in [0.2, 0.25) is 10.0 Å². The van der Waals surface area contributed by atoms with Crippen molar-refractivity contribution in [3.63, 3.8) is 0 Å². The lowest BCUT2D eigenvalue weighted by Gasteiger charge is -2.13. The maximum atomic E-state index is 14.5. The molecule has 0 aliphatic carbocycles. The van der Waals surface area contributed by atoms with Gasteiger partial charge in [-0.1, -0.05) is 6.07 Å². The second-order valence-corrected chi connectivity index (χ2v) is 8.55. The molecule has 0 aliphatic heterocycles.